The molecule has 118 valence electrons. The highest BCUT2D eigenvalue weighted by molar-refractivity contribution is 5.88. The van der Waals surface area contributed by atoms with Gasteiger partial charge in [0.05, 0.1) is 11.6 Å². The van der Waals surface area contributed by atoms with Crippen molar-refractivity contribution in [3.63, 3.8) is 0 Å². The van der Waals surface area contributed by atoms with Gasteiger partial charge in [-0.1, -0.05) is 11.2 Å². The Labute approximate surface area is 134 Å². The molecule has 0 atom stereocenters. The van der Waals surface area contributed by atoms with E-state index in [1.165, 1.54) is 0 Å². The molecule has 1 aromatic carbocycles. The van der Waals surface area contributed by atoms with Gasteiger partial charge in [0.15, 0.2) is 5.82 Å². The van der Waals surface area contributed by atoms with E-state index in [0.29, 0.717) is 30.2 Å². The lowest BCUT2D eigenvalue weighted by Crippen LogP contribution is -2.50. The summed E-state index contributed by atoms with van der Waals surface area (Å²) in [5.41, 5.74) is 1.65. The molecule has 3 rings (SSSR count). The summed E-state index contributed by atoms with van der Waals surface area (Å²) in [7, 11) is 0. The summed E-state index contributed by atoms with van der Waals surface area (Å²) in [4.78, 5) is 16.1. The number of rotatable bonds is 2. The maximum atomic E-state index is 12.2. The van der Waals surface area contributed by atoms with E-state index in [1.54, 1.807) is 24.0 Å². The van der Waals surface area contributed by atoms with E-state index in [-0.39, 0.29) is 6.03 Å². The molecule has 2 heterocycles. The zero-order valence-electron chi connectivity index (χ0n) is 12.8. The van der Waals surface area contributed by atoms with Crippen LogP contribution in [0, 0.1) is 18.3 Å². The number of hydrogen-bond acceptors (Lipinski definition) is 5. The Kier molecular flexibility index (Phi) is 4.15. The third-order valence-electron chi connectivity index (χ3n) is 3.77. The maximum Gasteiger partial charge on any atom is 0.323 e. The summed E-state index contributed by atoms with van der Waals surface area (Å²) in [6.45, 7) is 4.44. The molecule has 0 spiro atoms. The standard InChI is InChI=1S/C16H17N5O2/c1-12-9-15(19-23-12)18-16(22)21-7-5-20(6-8-21)14-4-2-3-13(10-14)11-17/h2-4,9-10H,5-8H2,1H3,(H,18,19,22). The number of nitrogens with zero attached hydrogens (tertiary/aromatic N) is 4. The zero-order valence-corrected chi connectivity index (χ0v) is 12.8. The quantitative estimate of drug-likeness (QED) is 0.919. The Bertz CT molecular complexity index is 741. The largest absolute Gasteiger partial charge is 0.368 e. The second-order valence-electron chi connectivity index (χ2n) is 5.39. The van der Waals surface area contributed by atoms with Crippen LogP contribution in [0.3, 0.4) is 0 Å². The van der Waals surface area contributed by atoms with Crippen molar-refractivity contribution in [2.24, 2.45) is 0 Å². The number of benzene rings is 1. The summed E-state index contributed by atoms with van der Waals surface area (Å²) in [6.07, 6.45) is 0. The van der Waals surface area contributed by atoms with Crippen LogP contribution in [0.4, 0.5) is 16.3 Å². The second-order valence-corrected chi connectivity index (χ2v) is 5.39. The van der Waals surface area contributed by atoms with Crippen LogP contribution < -0.4 is 10.2 Å². The lowest BCUT2D eigenvalue weighted by molar-refractivity contribution is 0.208. The molecule has 1 N–H and O–H groups in total. The molecule has 1 aliphatic heterocycles. The van der Waals surface area contributed by atoms with Crippen molar-refractivity contribution in [2.45, 2.75) is 6.92 Å². The molecule has 23 heavy (non-hydrogen) atoms. The van der Waals surface area contributed by atoms with Gasteiger partial charge in [0, 0.05) is 37.9 Å². The molecular formula is C16H17N5O2. The van der Waals surface area contributed by atoms with Gasteiger partial charge in [0.25, 0.3) is 0 Å². The highest BCUT2D eigenvalue weighted by Crippen LogP contribution is 2.18. The van der Waals surface area contributed by atoms with Gasteiger partial charge >= 0.3 is 6.03 Å². The Morgan fingerprint density at radius 3 is 2.74 bits per heavy atom. The van der Waals surface area contributed by atoms with Gasteiger partial charge in [-0.05, 0) is 25.1 Å². The van der Waals surface area contributed by atoms with Crippen molar-refractivity contribution >= 4 is 17.5 Å². The number of carbonyl (C=O) groups is 1. The SMILES string of the molecule is Cc1cc(NC(=O)N2CCN(c3cccc(C#N)c3)CC2)no1. The summed E-state index contributed by atoms with van der Waals surface area (Å²) >= 11 is 0. The number of anilines is 2. The van der Waals surface area contributed by atoms with Crippen molar-refractivity contribution < 1.29 is 9.32 Å². The highest BCUT2D eigenvalue weighted by atomic mass is 16.5. The summed E-state index contributed by atoms with van der Waals surface area (Å²) in [6, 6.07) is 11.2. The number of nitriles is 1. The Morgan fingerprint density at radius 1 is 1.30 bits per heavy atom. The van der Waals surface area contributed by atoms with Crippen LogP contribution in [0.2, 0.25) is 0 Å². The average Bonchev–Trinajstić information content (AvgIpc) is 3.00. The number of carbonyl (C=O) groups excluding carboxylic acids is 1. The molecule has 0 unspecified atom stereocenters. The summed E-state index contributed by atoms with van der Waals surface area (Å²) < 4.78 is 4.93. The number of piperazine rings is 1. The van der Waals surface area contributed by atoms with Crippen LogP contribution in [0.1, 0.15) is 11.3 Å². The van der Waals surface area contributed by atoms with E-state index in [2.05, 4.69) is 21.4 Å². The number of nitrogens with one attached hydrogen (secondary N) is 1. The number of aryl methyl sites for hydroxylation is 1. The van der Waals surface area contributed by atoms with Crippen molar-refractivity contribution in [3.8, 4) is 6.07 Å². The van der Waals surface area contributed by atoms with Crippen molar-refractivity contribution in [1.29, 1.82) is 5.26 Å². The Hall–Kier alpha value is -3.01. The number of urea groups is 1. The molecule has 7 heteroatoms. The minimum atomic E-state index is -0.177. The summed E-state index contributed by atoms with van der Waals surface area (Å²) in [5.74, 6) is 1.08. The molecule has 7 nitrogen and oxygen atoms in total. The molecular weight excluding hydrogens is 294 g/mol. The fourth-order valence-electron chi connectivity index (χ4n) is 2.55. The fraction of sp³-hybridized carbons (Fsp3) is 0.312. The highest BCUT2D eigenvalue weighted by Gasteiger charge is 2.22. The first-order chi connectivity index (χ1) is 11.2. The van der Waals surface area contributed by atoms with E-state index in [1.807, 2.05) is 18.2 Å². The molecule has 1 fully saturated rings. The Balaban J connectivity index is 1.57. The van der Waals surface area contributed by atoms with Crippen LogP contribution in [0.15, 0.2) is 34.9 Å². The minimum absolute atomic E-state index is 0.177. The van der Waals surface area contributed by atoms with Crippen LogP contribution in [0.25, 0.3) is 0 Å². The number of hydrogen-bond donors (Lipinski definition) is 1. The Morgan fingerprint density at radius 2 is 2.09 bits per heavy atom. The molecule has 0 bridgehead atoms. The number of amides is 2. The molecule has 2 amide bonds. The van der Waals surface area contributed by atoms with Crippen LogP contribution in [-0.4, -0.2) is 42.3 Å². The van der Waals surface area contributed by atoms with Gasteiger partial charge in [-0.3, -0.25) is 5.32 Å². The minimum Gasteiger partial charge on any atom is -0.368 e. The van der Waals surface area contributed by atoms with Crippen LogP contribution >= 0.6 is 0 Å². The first kappa shape index (κ1) is 14.9. The van der Waals surface area contributed by atoms with Gasteiger partial charge in [-0.2, -0.15) is 5.26 Å². The van der Waals surface area contributed by atoms with Gasteiger partial charge in [-0.25, -0.2) is 4.79 Å². The van der Waals surface area contributed by atoms with Gasteiger partial charge in [-0.15, -0.1) is 0 Å². The molecule has 1 saturated heterocycles. The van der Waals surface area contributed by atoms with Crippen LogP contribution in [0.5, 0.6) is 0 Å². The molecule has 2 aromatic rings. The lowest BCUT2D eigenvalue weighted by Gasteiger charge is -2.35. The van der Waals surface area contributed by atoms with Crippen molar-refractivity contribution in [2.75, 3.05) is 36.4 Å². The first-order valence-corrected chi connectivity index (χ1v) is 7.40. The van der Waals surface area contributed by atoms with E-state index in [0.717, 1.165) is 18.8 Å². The molecule has 1 aliphatic rings. The predicted molar refractivity (Wildman–Crippen MR) is 85.2 cm³/mol. The van der Waals surface area contributed by atoms with Crippen LogP contribution in [-0.2, 0) is 0 Å². The monoisotopic (exact) mass is 311 g/mol. The van der Waals surface area contributed by atoms with E-state index in [4.69, 9.17) is 9.78 Å². The topological polar surface area (TPSA) is 85.4 Å². The van der Waals surface area contributed by atoms with E-state index in [9.17, 15) is 4.79 Å². The fourth-order valence-corrected chi connectivity index (χ4v) is 2.55. The summed E-state index contributed by atoms with van der Waals surface area (Å²) in [5, 5.41) is 15.5. The third-order valence-corrected chi connectivity index (χ3v) is 3.77. The molecule has 0 saturated carbocycles. The van der Waals surface area contributed by atoms with Crippen molar-refractivity contribution in [3.05, 3.63) is 41.7 Å². The lowest BCUT2D eigenvalue weighted by atomic mass is 10.2. The number of aromatic nitrogens is 1. The smallest absolute Gasteiger partial charge is 0.323 e. The van der Waals surface area contributed by atoms with E-state index < -0.39 is 0 Å². The average molecular weight is 311 g/mol. The molecule has 0 aliphatic carbocycles. The second kappa shape index (κ2) is 6.40. The first-order valence-electron chi connectivity index (χ1n) is 7.40. The van der Waals surface area contributed by atoms with Gasteiger partial charge in [0.2, 0.25) is 0 Å². The predicted octanol–water partition coefficient (Wildman–Crippen LogP) is 2.21. The van der Waals surface area contributed by atoms with E-state index >= 15 is 0 Å². The normalized spacial score (nSPS) is 14.4. The third kappa shape index (κ3) is 3.43. The molecule has 1 aromatic heterocycles. The maximum absolute atomic E-state index is 12.2. The van der Waals surface area contributed by atoms with Gasteiger partial charge in [0.1, 0.15) is 5.76 Å². The zero-order chi connectivity index (χ0) is 16.2. The molecule has 0 radical (unpaired) electrons. The van der Waals surface area contributed by atoms with Gasteiger partial charge < -0.3 is 14.3 Å². The van der Waals surface area contributed by atoms with Crippen molar-refractivity contribution in [1.82, 2.24) is 10.1 Å².